The number of carbonyl (C=O) groups is 1. The largest absolute Gasteiger partial charge is 0.508 e. The highest BCUT2D eigenvalue weighted by Gasteiger charge is 2.04. The molecule has 0 atom stereocenters. The Hall–Kier alpha value is -1.81. The van der Waals surface area contributed by atoms with Crippen LogP contribution in [0.2, 0.25) is 0 Å². The molecule has 1 aromatic carbocycles. The lowest BCUT2D eigenvalue weighted by Gasteiger charge is -2.04. The van der Waals surface area contributed by atoms with Crippen LogP contribution in [0.3, 0.4) is 0 Å². The molecule has 1 amide bonds. The highest BCUT2D eigenvalue weighted by atomic mass is 32.1. The maximum Gasteiger partial charge on any atom is 0.224 e. The Morgan fingerprint density at radius 1 is 1.29 bits per heavy atom. The van der Waals surface area contributed by atoms with Gasteiger partial charge in [0.1, 0.15) is 5.75 Å². The van der Waals surface area contributed by atoms with E-state index in [0.29, 0.717) is 12.1 Å². The van der Waals surface area contributed by atoms with E-state index in [2.05, 4.69) is 5.32 Å². The predicted octanol–water partition coefficient (Wildman–Crippen LogP) is 3.03. The van der Waals surface area contributed by atoms with Crippen LogP contribution in [-0.2, 0) is 11.2 Å². The fourth-order valence-corrected chi connectivity index (χ4v) is 2.21. The van der Waals surface area contributed by atoms with Crippen LogP contribution in [0.1, 0.15) is 11.3 Å². The van der Waals surface area contributed by atoms with E-state index in [0.717, 1.165) is 6.42 Å². The number of nitrogens with one attached hydrogen (secondary N) is 1. The van der Waals surface area contributed by atoms with Gasteiger partial charge in [0, 0.05) is 23.1 Å². The summed E-state index contributed by atoms with van der Waals surface area (Å²) in [7, 11) is 0. The van der Waals surface area contributed by atoms with Gasteiger partial charge in [-0.05, 0) is 30.0 Å². The van der Waals surface area contributed by atoms with E-state index in [1.165, 1.54) is 10.9 Å². The molecule has 2 rings (SSSR count). The van der Waals surface area contributed by atoms with Gasteiger partial charge in [0.2, 0.25) is 5.91 Å². The Morgan fingerprint density at radius 3 is 2.88 bits per heavy atom. The summed E-state index contributed by atoms with van der Waals surface area (Å²) in [6.07, 6.45) is 1.21. The second-order valence-corrected chi connectivity index (χ2v) is 4.71. The van der Waals surface area contributed by atoms with Crippen molar-refractivity contribution >= 4 is 22.9 Å². The van der Waals surface area contributed by atoms with Crippen molar-refractivity contribution in [3.05, 3.63) is 46.7 Å². The number of hydrogen-bond donors (Lipinski definition) is 2. The van der Waals surface area contributed by atoms with Gasteiger partial charge in [0.05, 0.1) is 0 Å². The molecule has 0 fully saturated rings. The minimum Gasteiger partial charge on any atom is -0.508 e. The third-order valence-corrected chi connectivity index (χ3v) is 3.24. The first-order valence-electron chi connectivity index (χ1n) is 5.35. The van der Waals surface area contributed by atoms with Gasteiger partial charge >= 0.3 is 0 Å². The highest BCUT2D eigenvalue weighted by Crippen LogP contribution is 2.16. The van der Waals surface area contributed by atoms with Crippen molar-refractivity contribution < 1.29 is 9.90 Å². The maximum atomic E-state index is 11.6. The molecule has 0 bridgehead atoms. The minimum absolute atomic E-state index is 0.0380. The zero-order chi connectivity index (χ0) is 12.1. The molecule has 2 N–H and O–H groups in total. The Kier molecular flexibility index (Phi) is 3.77. The molecule has 1 heterocycles. The van der Waals surface area contributed by atoms with Crippen molar-refractivity contribution in [2.45, 2.75) is 12.8 Å². The third-order valence-electron chi connectivity index (χ3n) is 2.31. The molecule has 4 heteroatoms. The summed E-state index contributed by atoms with van der Waals surface area (Å²) < 4.78 is 0. The van der Waals surface area contributed by atoms with E-state index in [1.54, 1.807) is 29.5 Å². The number of phenols is 1. The Morgan fingerprint density at radius 2 is 2.18 bits per heavy atom. The lowest BCUT2D eigenvalue weighted by atomic mass is 10.2. The fraction of sp³-hybridized carbons (Fsp3) is 0.154. The lowest BCUT2D eigenvalue weighted by Crippen LogP contribution is -2.11. The quantitative estimate of drug-likeness (QED) is 0.872. The number of benzene rings is 1. The maximum absolute atomic E-state index is 11.6. The van der Waals surface area contributed by atoms with Crippen LogP contribution >= 0.6 is 11.3 Å². The molecule has 0 radical (unpaired) electrons. The number of amides is 1. The molecule has 0 spiro atoms. The van der Waals surface area contributed by atoms with Crippen molar-refractivity contribution in [3.8, 4) is 5.75 Å². The monoisotopic (exact) mass is 247 g/mol. The molecular formula is C13H13NO2S. The summed E-state index contributed by atoms with van der Waals surface area (Å²) in [6, 6.07) is 10.6. The van der Waals surface area contributed by atoms with Gasteiger partial charge in [-0.25, -0.2) is 0 Å². The number of hydrogen-bond acceptors (Lipinski definition) is 3. The van der Waals surface area contributed by atoms with Crippen LogP contribution in [0.15, 0.2) is 41.8 Å². The van der Waals surface area contributed by atoms with Gasteiger partial charge < -0.3 is 10.4 Å². The number of aromatic hydroxyl groups is 1. The SMILES string of the molecule is O=C(CCc1cccs1)Nc1cccc(O)c1. The van der Waals surface area contributed by atoms with E-state index in [1.807, 2.05) is 17.5 Å². The van der Waals surface area contributed by atoms with Crippen molar-refractivity contribution in [1.82, 2.24) is 0 Å². The van der Waals surface area contributed by atoms with E-state index >= 15 is 0 Å². The second-order valence-electron chi connectivity index (χ2n) is 3.68. The average Bonchev–Trinajstić information content (AvgIpc) is 2.79. The van der Waals surface area contributed by atoms with Crippen LogP contribution in [0.4, 0.5) is 5.69 Å². The van der Waals surface area contributed by atoms with Gasteiger partial charge in [0.15, 0.2) is 0 Å². The van der Waals surface area contributed by atoms with Crippen LogP contribution in [0, 0.1) is 0 Å². The topological polar surface area (TPSA) is 49.3 Å². The van der Waals surface area contributed by atoms with Crippen LogP contribution < -0.4 is 5.32 Å². The molecule has 88 valence electrons. The van der Waals surface area contributed by atoms with Gasteiger partial charge in [-0.15, -0.1) is 11.3 Å². The molecule has 0 aliphatic rings. The third kappa shape index (κ3) is 3.60. The van der Waals surface area contributed by atoms with Gasteiger partial charge in [0.25, 0.3) is 0 Å². The first-order valence-corrected chi connectivity index (χ1v) is 6.23. The van der Waals surface area contributed by atoms with Gasteiger partial charge in [-0.2, -0.15) is 0 Å². The summed E-state index contributed by atoms with van der Waals surface area (Å²) in [6.45, 7) is 0. The molecule has 17 heavy (non-hydrogen) atoms. The number of carbonyl (C=O) groups excluding carboxylic acids is 1. The molecule has 2 aromatic rings. The average molecular weight is 247 g/mol. The molecule has 0 unspecified atom stereocenters. The number of rotatable bonds is 4. The van der Waals surface area contributed by atoms with E-state index in [-0.39, 0.29) is 11.7 Å². The van der Waals surface area contributed by atoms with Crippen molar-refractivity contribution in [3.63, 3.8) is 0 Å². The first kappa shape index (κ1) is 11.7. The van der Waals surface area contributed by atoms with Crippen molar-refractivity contribution in [2.75, 3.05) is 5.32 Å². The number of thiophene rings is 1. The van der Waals surface area contributed by atoms with Gasteiger partial charge in [-0.3, -0.25) is 4.79 Å². The second kappa shape index (κ2) is 5.50. The molecule has 1 aromatic heterocycles. The zero-order valence-electron chi connectivity index (χ0n) is 9.22. The molecule has 0 saturated heterocycles. The van der Waals surface area contributed by atoms with E-state index < -0.39 is 0 Å². The Bertz CT molecular complexity index is 494. The van der Waals surface area contributed by atoms with Crippen LogP contribution in [0.25, 0.3) is 0 Å². The first-order chi connectivity index (χ1) is 8.24. The predicted molar refractivity (Wildman–Crippen MR) is 69.4 cm³/mol. The van der Waals surface area contributed by atoms with Crippen molar-refractivity contribution in [1.29, 1.82) is 0 Å². The van der Waals surface area contributed by atoms with Gasteiger partial charge in [-0.1, -0.05) is 12.1 Å². The van der Waals surface area contributed by atoms with E-state index in [4.69, 9.17) is 0 Å². The smallest absolute Gasteiger partial charge is 0.224 e. The number of aryl methyl sites for hydroxylation is 1. The Labute approximate surface area is 104 Å². The molecule has 0 aliphatic heterocycles. The molecule has 3 nitrogen and oxygen atoms in total. The minimum atomic E-state index is -0.0380. The standard InChI is InChI=1S/C13H13NO2S/c15-11-4-1-3-10(9-11)14-13(16)7-6-12-5-2-8-17-12/h1-5,8-9,15H,6-7H2,(H,14,16). The molecule has 0 aliphatic carbocycles. The number of phenolic OH excluding ortho intramolecular Hbond substituents is 1. The normalized spacial score (nSPS) is 10.1. The van der Waals surface area contributed by atoms with Crippen LogP contribution in [-0.4, -0.2) is 11.0 Å². The Balaban J connectivity index is 1.85. The fourth-order valence-electron chi connectivity index (χ4n) is 1.50. The summed E-state index contributed by atoms with van der Waals surface area (Å²) in [5.74, 6) is 0.116. The summed E-state index contributed by atoms with van der Waals surface area (Å²) in [4.78, 5) is 12.8. The van der Waals surface area contributed by atoms with E-state index in [9.17, 15) is 9.90 Å². The summed E-state index contributed by atoms with van der Waals surface area (Å²) >= 11 is 1.65. The summed E-state index contributed by atoms with van der Waals surface area (Å²) in [5, 5.41) is 14.0. The molecule has 0 saturated carbocycles. The highest BCUT2D eigenvalue weighted by molar-refractivity contribution is 7.09. The molecular weight excluding hydrogens is 234 g/mol. The summed E-state index contributed by atoms with van der Waals surface area (Å²) in [5.41, 5.74) is 0.626. The number of anilines is 1. The lowest BCUT2D eigenvalue weighted by molar-refractivity contribution is -0.116. The van der Waals surface area contributed by atoms with Crippen molar-refractivity contribution in [2.24, 2.45) is 0 Å². The van der Waals surface area contributed by atoms with Crippen LogP contribution in [0.5, 0.6) is 5.75 Å². The zero-order valence-corrected chi connectivity index (χ0v) is 10.0.